The van der Waals surface area contributed by atoms with Gasteiger partial charge in [-0.1, -0.05) is 69.7 Å². The molecule has 0 saturated heterocycles. The minimum Gasteiger partial charge on any atom is -0.394 e. The second kappa shape index (κ2) is 24.1. The van der Waals surface area contributed by atoms with Crippen molar-refractivity contribution in [2.75, 3.05) is 72.7 Å². The van der Waals surface area contributed by atoms with Gasteiger partial charge in [-0.15, -0.1) is 0 Å². The lowest BCUT2D eigenvalue weighted by Crippen LogP contribution is -2.14. The highest BCUT2D eigenvalue weighted by molar-refractivity contribution is 5.22. The van der Waals surface area contributed by atoms with E-state index in [0.29, 0.717) is 59.5 Å². The number of ether oxygens (including phenoxy) is 5. The predicted molar refractivity (Wildman–Crippen MR) is 133 cm³/mol. The summed E-state index contributed by atoms with van der Waals surface area (Å²) in [6.07, 6.45) is 11.7. The highest BCUT2D eigenvalue weighted by atomic mass is 16.6. The molecule has 0 fully saturated rings. The Bertz CT molecular complexity index is 508. The standard InChI is InChI=1S/C27H48O6/c1-2-3-4-5-6-7-8-9-26-10-12-27(13-11-26)14-16-29-18-20-31-22-24-33-25-23-32-21-19-30-17-15-28/h10-13,28H,2-9,14-25H2,1H3. The number of aliphatic hydroxyl groups excluding tert-OH is 1. The van der Waals surface area contributed by atoms with E-state index >= 15 is 0 Å². The van der Waals surface area contributed by atoms with Crippen molar-refractivity contribution in [2.24, 2.45) is 0 Å². The molecule has 6 heteroatoms. The molecule has 192 valence electrons. The quantitative estimate of drug-likeness (QED) is 0.212. The number of rotatable bonds is 25. The normalized spacial score (nSPS) is 11.3. The van der Waals surface area contributed by atoms with Crippen molar-refractivity contribution in [3.8, 4) is 0 Å². The van der Waals surface area contributed by atoms with E-state index in [2.05, 4.69) is 31.2 Å². The molecule has 1 rings (SSSR count). The van der Waals surface area contributed by atoms with E-state index in [9.17, 15) is 0 Å². The van der Waals surface area contributed by atoms with Gasteiger partial charge in [-0.05, 0) is 30.4 Å². The molecule has 0 aromatic heterocycles. The monoisotopic (exact) mass is 468 g/mol. The van der Waals surface area contributed by atoms with Crippen molar-refractivity contribution in [1.82, 2.24) is 0 Å². The van der Waals surface area contributed by atoms with Crippen LogP contribution in [0.4, 0.5) is 0 Å². The van der Waals surface area contributed by atoms with Gasteiger partial charge in [0, 0.05) is 0 Å². The lowest BCUT2D eigenvalue weighted by atomic mass is 10.0. The molecule has 0 heterocycles. The third-order valence-corrected chi connectivity index (χ3v) is 5.35. The highest BCUT2D eigenvalue weighted by Gasteiger charge is 1.98. The minimum absolute atomic E-state index is 0.0430. The van der Waals surface area contributed by atoms with Gasteiger partial charge in [0.15, 0.2) is 0 Å². The third-order valence-electron chi connectivity index (χ3n) is 5.35. The predicted octanol–water partition coefficient (Wildman–Crippen LogP) is 4.60. The van der Waals surface area contributed by atoms with Crippen LogP contribution < -0.4 is 0 Å². The summed E-state index contributed by atoms with van der Waals surface area (Å²) < 4.78 is 27.1. The summed E-state index contributed by atoms with van der Waals surface area (Å²) in [6.45, 7) is 7.76. The van der Waals surface area contributed by atoms with Crippen LogP contribution in [0.5, 0.6) is 0 Å². The number of aliphatic hydroxyl groups is 1. The fraction of sp³-hybridized carbons (Fsp3) is 0.778. The van der Waals surface area contributed by atoms with E-state index in [1.54, 1.807) is 0 Å². The summed E-state index contributed by atoms with van der Waals surface area (Å²) in [4.78, 5) is 0. The van der Waals surface area contributed by atoms with Crippen LogP contribution in [0.25, 0.3) is 0 Å². The number of benzene rings is 1. The Morgan fingerprint density at radius 3 is 1.36 bits per heavy atom. The van der Waals surface area contributed by atoms with E-state index in [1.165, 1.54) is 62.5 Å². The van der Waals surface area contributed by atoms with Crippen LogP contribution in [0.2, 0.25) is 0 Å². The summed E-state index contributed by atoms with van der Waals surface area (Å²) in [7, 11) is 0. The molecule has 0 aliphatic heterocycles. The van der Waals surface area contributed by atoms with E-state index in [-0.39, 0.29) is 6.61 Å². The van der Waals surface area contributed by atoms with Crippen LogP contribution in [0, 0.1) is 0 Å². The van der Waals surface area contributed by atoms with Gasteiger partial charge < -0.3 is 28.8 Å². The van der Waals surface area contributed by atoms with Gasteiger partial charge in [0.2, 0.25) is 0 Å². The Labute approximate surface area is 201 Å². The molecule has 33 heavy (non-hydrogen) atoms. The molecule has 0 unspecified atom stereocenters. The molecule has 6 nitrogen and oxygen atoms in total. The van der Waals surface area contributed by atoms with Crippen molar-refractivity contribution < 1.29 is 28.8 Å². The molecular formula is C27H48O6. The Balaban J connectivity index is 1.84. The molecule has 0 spiro atoms. The van der Waals surface area contributed by atoms with Crippen molar-refractivity contribution >= 4 is 0 Å². The first kappa shape index (κ1) is 30.0. The van der Waals surface area contributed by atoms with Gasteiger partial charge in [-0.25, -0.2) is 0 Å². The van der Waals surface area contributed by atoms with E-state index in [1.807, 2.05) is 0 Å². The van der Waals surface area contributed by atoms with Crippen LogP contribution in [0.1, 0.15) is 63.0 Å². The lowest BCUT2D eigenvalue weighted by molar-refractivity contribution is -0.0130. The Morgan fingerprint density at radius 1 is 0.485 bits per heavy atom. The van der Waals surface area contributed by atoms with Crippen LogP contribution in [0.3, 0.4) is 0 Å². The maximum atomic E-state index is 8.57. The minimum atomic E-state index is 0.0430. The van der Waals surface area contributed by atoms with Crippen LogP contribution >= 0.6 is 0 Å². The van der Waals surface area contributed by atoms with Crippen LogP contribution in [-0.4, -0.2) is 77.8 Å². The van der Waals surface area contributed by atoms with Gasteiger partial charge >= 0.3 is 0 Å². The van der Waals surface area contributed by atoms with Crippen molar-refractivity contribution in [3.05, 3.63) is 35.4 Å². The summed E-state index contributed by atoms with van der Waals surface area (Å²) in [5.74, 6) is 0. The fourth-order valence-corrected chi connectivity index (χ4v) is 3.40. The zero-order chi connectivity index (χ0) is 23.7. The number of hydrogen-bond donors (Lipinski definition) is 1. The van der Waals surface area contributed by atoms with Crippen LogP contribution in [-0.2, 0) is 36.5 Å². The number of aryl methyl sites for hydroxylation is 1. The Hall–Kier alpha value is -1.02. The molecule has 0 bridgehead atoms. The third kappa shape index (κ3) is 20.1. The molecule has 1 N–H and O–H groups in total. The van der Waals surface area contributed by atoms with Gasteiger partial charge in [0.25, 0.3) is 0 Å². The molecular weight excluding hydrogens is 420 g/mol. The van der Waals surface area contributed by atoms with E-state index in [0.717, 1.165) is 13.0 Å². The number of unbranched alkanes of at least 4 members (excludes halogenated alkanes) is 6. The largest absolute Gasteiger partial charge is 0.394 e. The first-order valence-corrected chi connectivity index (χ1v) is 12.9. The number of hydrogen-bond acceptors (Lipinski definition) is 6. The molecule has 0 radical (unpaired) electrons. The molecule has 0 aliphatic rings. The zero-order valence-electron chi connectivity index (χ0n) is 20.9. The first-order chi connectivity index (χ1) is 16.4. The summed E-state index contributed by atoms with van der Waals surface area (Å²) in [6, 6.07) is 9.01. The average molecular weight is 469 g/mol. The van der Waals surface area contributed by atoms with E-state index < -0.39 is 0 Å². The van der Waals surface area contributed by atoms with Gasteiger partial charge in [-0.3, -0.25) is 0 Å². The molecule has 0 saturated carbocycles. The summed E-state index contributed by atoms with van der Waals surface area (Å²) >= 11 is 0. The molecule has 1 aromatic carbocycles. The first-order valence-electron chi connectivity index (χ1n) is 12.9. The van der Waals surface area contributed by atoms with Gasteiger partial charge in [0.1, 0.15) is 0 Å². The molecule has 0 amide bonds. The van der Waals surface area contributed by atoms with Crippen molar-refractivity contribution in [2.45, 2.75) is 64.7 Å². The smallest absolute Gasteiger partial charge is 0.0701 e. The second-order valence-corrected chi connectivity index (χ2v) is 8.22. The van der Waals surface area contributed by atoms with E-state index in [4.69, 9.17) is 28.8 Å². The Morgan fingerprint density at radius 2 is 0.879 bits per heavy atom. The van der Waals surface area contributed by atoms with Crippen LogP contribution in [0.15, 0.2) is 24.3 Å². The summed E-state index contributed by atoms with van der Waals surface area (Å²) in [5.41, 5.74) is 2.78. The maximum absolute atomic E-state index is 8.57. The Kier molecular flexibility index (Phi) is 21.9. The molecule has 0 atom stereocenters. The molecule has 1 aromatic rings. The molecule has 0 aliphatic carbocycles. The topological polar surface area (TPSA) is 66.4 Å². The summed E-state index contributed by atoms with van der Waals surface area (Å²) in [5, 5.41) is 8.57. The van der Waals surface area contributed by atoms with Gasteiger partial charge in [-0.2, -0.15) is 0 Å². The lowest BCUT2D eigenvalue weighted by Gasteiger charge is -2.08. The van der Waals surface area contributed by atoms with Crippen molar-refractivity contribution in [3.63, 3.8) is 0 Å². The van der Waals surface area contributed by atoms with Crippen molar-refractivity contribution in [1.29, 1.82) is 0 Å². The maximum Gasteiger partial charge on any atom is 0.0701 e. The SMILES string of the molecule is CCCCCCCCCc1ccc(CCOCCOCCOCCOCCOCCO)cc1. The average Bonchev–Trinajstić information content (AvgIpc) is 2.84. The van der Waals surface area contributed by atoms with Gasteiger partial charge in [0.05, 0.1) is 72.7 Å². The zero-order valence-corrected chi connectivity index (χ0v) is 20.9. The second-order valence-electron chi connectivity index (χ2n) is 8.22. The highest BCUT2D eigenvalue weighted by Crippen LogP contribution is 2.12. The fourth-order valence-electron chi connectivity index (χ4n) is 3.40.